The molecule has 8 nitrogen and oxygen atoms in total. The van der Waals surface area contributed by atoms with Gasteiger partial charge in [0.2, 0.25) is 5.91 Å². The minimum atomic E-state index is 0.165. The van der Waals surface area contributed by atoms with Crippen molar-refractivity contribution in [1.29, 1.82) is 0 Å². The van der Waals surface area contributed by atoms with Gasteiger partial charge in [-0.05, 0) is 41.0 Å². The highest BCUT2D eigenvalue weighted by Gasteiger charge is 2.19. The van der Waals surface area contributed by atoms with Gasteiger partial charge in [0, 0.05) is 64.1 Å². The summed E-state index contributed by atoms with van der Waals surface area (Å²) < 4.78 is 5.89. The lowest BCUT2D eigenvalue weighted by molar-refractivity contribution is -0.130. The Bertz CT molecular complexity index is 1090. The smallest absolute Gasteiger partial charge is 0.321 e. The molecular formula is C24H28N6O2. The molecule has 2 N–H and O–H groups in total. The fourth-order valence-corrected chi connectivity index (χ4v) is 4.31. The molecule has 0 bridgehead atoms. The first-order valence-electron chi connectivity index (χ1n) is 11.1. The zero-order valence-corrected chi connectivity index (χ0v) is 18.3. The number of ether oxygens (including phenoxy) is 1. The number of aromatic nitrogens is 2. The largest absolute Gasteiger partial charge is 0.424 e. The van der Waals surface area contributed by atoms with Crippen LogP contribution in [0.15, 0.2) is 48.8 Å². The normalized spacial score (nSPS) is 19.4. The molecule has 2 aliphatic heterocycles. The second kappa shape index (κ2) is 9.20. The van der Waals surface area contributed by atoms with Gasteiger partial charge in [0.05, 0.1) is 6.04 Å². The molecule has 166 valence electrons. The van der Waals surface area contributed by atoms with Gasteiger partial charge in [-0.3, -0.25) is 20.5 Å². The second-order valence-electron chi connectivity index (χ2n) is 8.44. The van der Waals surface area contributed by atoms with E-state index >= 15 is 0 Å². The molecule has 3 heterocycles. The number of piperazine rings is 1. The number of hydrazine groups is 1. The van der Waals surface area contributed by atoms with Crippen LogP contribution in [0, 0.1) is 0 Å². The molecule has 0 spiro atoms. The van der Waals surface area contributed by atoms with Crippen molar-refractivity contribution in [3.8, 4) is 11.8 Å². The lowest BCUT2D eigenvalue weighted by Crippen LogP contribution is -2.47. The molecule has 1 amide bonds. The fraction of sp³-hybridized carbons (Fsp3) is 0.375. The number of carbonyl (C=O) groups is 1. The van der Waals surface area contributed by atoms with E-state index in [0.717, 1.165) is 62.4 Å². The number of carbonyl (C=O) groups excluding carboxylic acids is 1. The molecule has 1 unspecified atom stereocenters. The van der Waals surface area contributed by atoms with E-state index in [-0.39, 0.29) is 11.9 Å². The number of nitrogens with zero attached hydrogens (tertiary/aromatic N) is 4. The monoisotopic (exact) mass is 432 g/mol. The highest BCUT2D eigenvalue weighted by Crippen LogP contribution is 2.26. The van der Waals surface area contributed by atoms with Gasteiger partial charge in [-0.25, -0.2) is 9.97 Å². The van der Waals surface area contributed by atoms with E-state index in [1.54, 1.807) is 6.92 Å². The highest BCUT2D eigenvalue weighted by molar-refractivity contribution is 5.84. The number of hydrogen-bond donors (Lipinski definition) is 2. The Balaban J connectivity index is 1.22. The van der Waals surface area contributed by atoms with E-state index in [2.05, 4.69) is 50.0 Å². The first-order chi connectivity index (χ1) is 15.6. The Kier molecular flexibility index (Phi) is 5.98. The lowest BCUT2D eigenvalue weighted by atomic mass is 10.1. The average molecular weight is 433 g/mol. The summed E-state index contributed by atoms with van der Waals surface area (Å²) in [5.74, 6) is 0.886. The number of fused-ring (bicyclic) bond motifs is 1. The first kappa shape index (κ1) is 20.8. The third kappa shape index (κ3) is 4.72. The Hall–Kier alpha value is -3.07. The van der Waals surface area contributed by atoms with Gasteiger partial charge in [0.15, 0.2) is 0 Å². The SMILES string of the molecule is CC(=O)N1CCN(Cc2ccc3cc(Oc4ncc(C5CCNN5)cn4)ccc3c2)CC1. The molecule has 2 saturated heterocycles. The Morgan fingerprint density at radius 1 is 1.06 bits per heavy atom. The van der Waals surface area contributed by atoms with Crippen LogP contribution in [0.3, 0.4) is 0 Å². The van der Waals surface area contributed by atoms with Crippen molar-refractivity contribution in [3.63, 3.8) is 0 Å². The van der Waals surface area contributed by atoms with Gasteiger partial charge in [-0.2, -0.15) is 0 Å². The van der Waals surface area contributed by atoms with Crippen molar-refractivity contribution in [2.75, 3.05) is 32.7 Å². The highest BCUT2D eigenvalue weighted by atomic mass is 16.5. The summed E-state index contributed by atoms with van der Waals surface area (Å²) in [5.41, 5.74) is 8.66. The van der Waals surface area contributed by atoms with Crippen molar-refractivity contribution in [1.82, 2.24) is 30.6 Å². The average Bonchev–Trinajstić information content (AvgIpc) is 3.35. The van der Waals surface area contributed by atoms with Crippen LogP contribution in [0.1, 0.15) is 30.5 Å². The molecule has 2 aliphatic rings. The molecule has 8 heteroatoms. The maximum atomic E-state index is 11.5. The molecule has 32 heavy (non-hydrogen) atoms. The maximum Gasteiger partial charge on any atom is 0.321 e. The van der Waals surface area contributed by atoms with Gasteiger partial charge < -0.3 is 9.64 Å². The van der Waals surface area contributed by atoms with Crippen LogP contribution >= 0.6 is 0 Å². The molecule has 1 aromatic heterocycles. The molecule has 0 aliphatic carbocycles. The van der Waals surface area contributed by atoms with Crippen LogP contribution in [0.25, 0.3) is 10.8 Å². The summed E-state index contributed by atoms with van der Waals surface area (Å²) in [6.45, 7) is 6.92. The summed E-state index contributed by atoms with van der Waals surface area (Å²) in [7, 11) is 0. The number of benzene rings is 2. The summed E-state index contributed by atoms with van der Waals surface area (Å²) in [4.78, 5) is 24.5. The number of amides is 1. The van der Waals surface area contributed by atoms with Gasteiger partial charge in [-0.15, -0.1) is 0 Å². The van der Waals surface area contributed by atoms with Gasteiger partial charge in [-0.1, -0.05) is 18.2 Å². The van der Waals surface area contributed by atoms with Crippen molar-refractivity contribution in [2.24, 2.45) is 0 Å². The van der Waals surface area contributed by atoms with Crippen molar-refractivity contribution >= 4 is 16.7 Å². The Morgan fingerprint density at radius 3 is 2.53 bits per heavy atom. The number of rotatable bonds is 5. The third-order valence-corrected chi connectivity index (χ3v) is 6.19. The molecule has 1 atom stereocenters. The molecule has 3 aromatic rings. The van der Waals surface area contributed by atoms with Gasteiger partial charge in [0.1, 0.15) is 5.75 Å². The van der Waals surface area contributed by atoms with Crippen LogP contribution in [-0.4, -0.2) is 58.4 Å². The van der Waals surface area contributed by atoms with Crippen molar-refractivity contribution < 1.29 is 9.53 Å². The van der Waals surface area contributed by atoms with E-state index < -0.39 is 0 Å². The Morgan fingerprint density at radius 2 is 1.81 bits per heavy atom. The summed E-state index contributed by atoms with van der Waals surface area (Å²) >= 11 is 0. The van der Waals surface area contributed by atoms with Crippen molar-refractivity contribution in [3.05, 3.63) is 59.9 Å². The predicted molar refractivity (Wildman–Crippen MR) is 122 cm³/mol. The molecule has 2 fully saturated rings. The van der Waals surface area contributed by atoms with E-state index in [1.807, 2.05) is 29.4 Å². The van der Waals surface area contributed by atoms with Crippen LogP contribution < -0.4 is 15.6 Å². The zero-order valence-electron chi connectivity index (χ0n) is 18.3. The number of hydrogen-bond acceptors (Lipinski definition) is 7. The number of nitrogens with one attached hydrogen (secondary N) is 2. The third-order valence-electron chi connectivity index (χ3n) is 6.19. The van der Waals surface area contributed by atoms with E-state index in [1.165, 1.54) is 10.9 Å². The van der Waals surface area contributed by atoms with E-state index in [9.17, 15) is 4.79 Å². The van der Waals surface area contributed by atoms with Crippen molar-refractivity contribution in [2.45, 2.75) is 25.9 Å². The summed E-state index contributed by atoms with van der Waals surface area (Å²) in [6, 6.07) is 13.2. The zero-order chi connectivity index (χ0) is 21.9. The standard InChI is InChI=1S/C24H28N6O2/c1-17(31)30-10-8-29(9-11-30)16-18-2-3-20-13-22(5-4-19(20)12-18)32-24-25-14-21(15-26-24)23-6-7-27-28-23/h2-5,12-15,23,27-28H,6-11,16H2,1H3. The minimum absolute atomic E-state index is 0.165. The molecule has 5 rings (SSSR count). The van der Waals surface area contributed by atoms with Gasteiger partial charge >= 0.3 is 6.01 Å². The van der Waals surface area contributed by atoms with E-state index in [0.29, 0.717) is 6.01 Å². The predicted octanol–water partition coefficient (Wildman–Crippen LogP) is 2.63. The summed E-state index contributed by atoms with van der Waals surface area (Å²) in [5, 5.41) is 2.29. The van der Waals surface area contributed by atoms with E-state index in [4.69, 9.17) is 4.74 Å². The first-order valence-corrected chi connectivity index (χ1v) is 11.1. The molecule has 0 saturated carbocycles. The molecular weight excluding hydrogens is 404 g/mol. The second-order valence-corrected chi connectivity index (χ2v) is 8.44. The minimum Gasteiger partial charge on any atom is -0.424 e. The maximum absolute atomic E-state index is 11.5. The topological polar surface area (TPSA) is 82.6 Å². The van der Waals surface area contributed by atoms with Crippen LogP contribution in [-0.2, 0) is 11.3 Å². The van der Waals surface area contributed by atoms with Crippen LogP contribution in [0.4, 0.5) is 0 Å². The fourth-order valence-electron chi connectivity index (χ4n) is 4.31. The molecule has 2 aromatic carbocycles. The summed E-state index contributed by atoms with van der Waals surface area (Å²) in [6.07, 6.45) is 4.65. The quantitative estimate of drug-likeness (QED) is 0.641. The Labute approximate surface area is 187 Å². The van der Waals surface area contributed by atoms with Gasteiger partial charge in [0.25, 0.3) is 0 Å². The molecule has 0 radical (unpaired) electrons. The van der Waals surface area contributed by atoms with Crippen LogP contribution in [0.5, 0.6) is 11.8 Å². The van der Waals surface area contributed by atoms with Crippen LogP contribution in [0.2, 0.25) is 0 Å². The lowest BCUT2D eigenvalue weighted by Gasteiger charge is -2.34.